The monoisotopic (exact) mass is 357 g/mol. The van der Waals surface area contributed by atoms with E-state index in [1.54, 1.807) is 0 Å². The Balaban J connectivity index is 1.44. The lowest BCUT2D eigenvalue weighted by Crippen LogP contribution is -2.36. The number of halogens is 1. The van der Waals surface area contributed by atoms with Crippen LogP contribution in [0.2, 0.25) is 5.02 Å². The first-order valence-corrected chi connectivity index (χ1v) is 9.24. The number of nitrogens with zero attached hydrogens (tertiary/aromatic N) is 2. The van der Waals surface area contributed by atoms with E-state index in [1.165, 1.54) is 11.1 Å². The number of nitrogens with one attached hydrogen (secondary N) is 1. The van der Waals surface area contributed by atoms with E-state index in [2.05, 4.69) is 21.3 Å². The van der Waals surface area contributed by atoms with Crippen molar-refractivity contribution < 1.29 is 4.79 Å². The summed E-state index contributed by atoms with van der Waals surface area (Å²) >= 11 is 6.04. The van der Waals surface area contributed by atoms with Crippen molar-refractivity contribution in [3.8, 4) is 0 Å². The molecule has 0 saturated carbocycles. The van der Waals surface area contributed by atoms with Gasteiger partial charge in [0.25, 0.3) is 0 Å². The number of amides is 1. The minimum absolute atomic E-state index is 0.279. The largest absolute Gasteiger partial charge is 0.339 e. The second-order valence-electron chi connectivity index (χ2n) is 6.48. The quantitative estimate of drug-likeness (QED) is 0.736. The van der Waals surface area contributed by atoms with Crippen LogP contribution in [0, 0.1) is 0 Å². The highest BCUT2D eigenvalue weighted by molar-refractivity contribution is 6.30. The molecular formula is C20H24ClN3O. The van der Waals surface area contributed by atoms with Crippen LogP contribution < -0.4 is 5.32 Å². The highest BCUT2D eigenvalue weighted by atomic mass is 35.5. The number of hydrogen-bond acceptors (Lipinski definition) is 3. The fourth-order valence-electron chi connectivity index (χ4n) is 3.34. The van der Waals surface area contributed by atoms with Gasteiger partial charge >= 0.3 is 0 Å². The molecule has 5 heteroatoms. The predicted octanol–water partition coefficient (Wildman–Crippen LogP) is 3.45. The lowest BCUT2D eigenvalue weighted by atomic mass is 10.1. The van der Waals surface area contributed by atoms with E-state index in [9.17, 15) is 4.79 Å². The maximum absolute atomic E-state index is 12.2. The van der Waals surface area contributed by atoms with Gasteiger partial charge in [-0.2, -0.15) is 0 Å². The molecule has 2 aromatic rings. The second-order valence-corrected chi connectivity index (χ2v) is 6.92. The molecule has 1 unspecified atom stereocenters. The first-order chi connectivity index (χ1) is 12.2. The smallest absolute Gasteiger partial charge is 0.222 e. The molecular weight excluding hydrogens is 334 g/mol. The Morgan fingerprint density at radius 2 is 2.04 bits per heavy atom. The van der Waals surface area contributed by atoms with Crippen LogP contribution >= 0.6 is 11.6 Å². The van der Waals surface area contributed by atoms with Crippen LogP contribution in [0.25, 0.3) is 0 Å². The third kappa shape index (κ3) is 5.28. The normalized spacial score (nSPS) is 17.2. The first kappa shape index (κ1) is 17.9. The van der Waals surface area contributed by atoms with E-state index in [0.29, 0.717) is 12.5 Å². The molecule has 1 fully saturated rings. The number of hydrogen-bond donors (Lipinski definition) is 1. The molecule has 132 valence electrons. The van der Waals surface area contributed by atoms with Gasteiger partial charge in [-0.05, 0) is 61.2 Å². The number of carbonyl (C=O) groups excluding carboxylic acids is 1. The van der Waals surface area contributed by atoms with Gasteiger partial charge in [0.05, 0.1) is 0 Å². The molecule has 0 bridgehead atoms. The first-order valence-electron chi connectivity index (χ1n) is 8.86. The van der Waals surface area contributed by atoms with Gasteiger partial charge in [-0.1, -0.05) is 23.7 Å². The van der Waals surface area contributed by atoms with Gasteiger partial charge in [0, 0.05) is 43.0 Å². The van der Waals surface area contributed by atoms with Crippen LogP contribution in [0.15, 0.2) is 48.8 Å². The van der Waals surface area contributed by atoms with E-state index in [1.807, 2.05) is 42.7 Å². The number of aromatic nitrogens is 1. The second kappa shape index (κ2) is 8.97. The Kier molecular flexibility index (Phi) is 6.42. The molecule has 25 heavy (non-hydrogen) atoms. The predicted molar refractivity (Wildman–Crippen MR) is 100 cm³/mol. The standard InChI is InChI=1S/C20H24ClN3O/c21-18-3-1-2-16(14-18)9-13-24-19(4-5-20(24)25)8-12-23-15-17-6-10-22-11-7-17/h1-3,6-7,10-11,14,19,23H,4-5,8-9,12-13,15H2. The van der Waals surface area contributed by atoms with Gasteiger partial charge in [-0.15, -0.1) is 0 Å². The molecule has 2 heterocycles. The number of rotatable bonds is 8. The van der Waals surface area contributed by atoms with Crippen molar-refractivity contribution in [2.75, 3.05) is 13.1 Å². The zero-order chi connectivity index (χ0) is 17.5. The Morgan fingerprint density at radius 3 is 2.84 bits per heavy atom. The highest BCUT2D eigenvalue weighted by Crippen LogP contribution is 2.22. The molecule has 0 spiro atoms. The van der Waals surface area contributed by atoms with Crippen LogP contribution in [-0.4, -0.2) is 34.9 Å². The molecule has 1 aromatic carbocycles. The summed E-state index contributed by atoms with van der Waals surface area (Å²) in [5.74, 6) is 0.279. The summed E-state index contributed by atoms with van der Waals surface area (Å²) in [7, 11) is 0. The number of likely N-dealkylation sites (tertiary alicyclic amines) is 1. The van der Waals surface area contributed by atoms with Gasteiger partial charge in [0.1, 0.15) is 0 Å². The Hall–Kier alpha value is -1.91. The molecule has 1 atom stereocenters. The van der Waals surface area contributed by atoms with Crippen LogP contribution in [-0.2, 0) is 17.8 Å². The molecule has 0 radical (unpaired) electrons. The van der Waals surface area contributed by atoms with Gasteiger partial charge in [0.15, 0.2) is 0 Å². The maximum atomic E-state index is 12.2. The van der Waals surface area contributed by atoms with Crippen LogP contribution in [0.4, 0.5) is 0 Å². The number of pyridine rings is 1. The third-order valence-corrected chi connectivity index (χ3v) is 4.95. The summed E-state index contributed by atoms with van der Waals surface area (Å²) in [4.78, 5) is 18.3. The molecule has 1 saturated heterocycles. The average Bonchev–Trinajstić information content (AvgIpc) is 2.98. The molecule has 1 aliphatic heterocycles. The minimum atomic E-state index is 0.279. The van der Waals surface area contributed by atoms with E-state index >= 15 is 0 Å². The SMILES string of the molecule is O=C1CCC(CCNCc2ccncc2)N1CCc1cccc(Cl)c1. The fraction of sp³-hybridized carbons (Fsp3) is 0.400. The molecule has 1 amide bonds. The van der Waals surface area contributed by atoms with Crippen molar-refractivity contribution in [2.24, 2.45) is 0 Å². The topological polar surface area (TPSA) is 45.2 Å². The van der Waals surface area contributed by atoms with E-state index < -0.39 is 0 Å². The van der Waals surface area contributed by atoms with Gasteiger partial charge < -0.3 is 10.2 Å². The van der Waals surface area contributed by atoms with Crippen molar-refractivity contribution in [3.05, 3.63) is 64.9 Å². The molecule has 3 rings (SSSR count). The van der Waals surface area contributed by atoms with Crippen LogP contribution in [0.5, 0.6) is 0 Å². The van der Waals surface area contributed by atoms with Crippen molar-refractivity contribution >= 4 is 17.5 Å². The van der Waals surface area contributed by atoms with Gasteiger partial charge in [0.2, 0.25) is 5.91 Å². The van der Waals surface area contributed by atoms with Crippen molar-refractivity contribution in [1.82, 2.24) is 15.2 Å². The van der Waals surface area contributed by atoms with Crippen molar-refractivity contribution in [3.63, 3.8) is 0 Å². The Bertz CT molecular complexity index is 692. The summed E-state index contributed by atoms with van der Waals surface area (Å²) in [6.45, 7) is 2.52. The van der Waals surface area contributed by atoms with E-state index in [-0.39, 0.29) is 5.91 Å². The summed E-state index contributed by atoms with van der Waals surface area (Å²) in [5.41, 5.74) is 2.41. The molecule has 1 aromatic heterocycles. The fourth-order valence-corrected chi connectivity index (χ4v) is 3.56. The van der Waals surface area contributed by atoms with E-state index in [0.717, 1.165) is 43.9 Å². The van der Waals surface area contributed by atoms with Crippen LogP contribution in [0.3, 0.4) is 0 Å². The summed E-state index contributed by atoms with van der Waals surface area (Å²) < 4.78 is 0. The average molecular weight is 358 g/mol. The summed E-state index contributed by atoms with van der Waals surface area (Å²) in [6.07, 6.45) is 7.10. The molecule has 4 nitrogen and oxygen atoms in total. The van der Waals surface area contributed by atoms with Crippen LogP contribution in [0.1, 0.15) is 30.4 Å². The third-order valence-electron chi connectivity index (χ3n) is 4.72. The summed E-state index contributed by atoms with van der Waals surface area (Å²) in [6, 6.07) is 12.3. The minimum Gasteiger partial charge on any atom is -0.339 e. The zero-order valence-corrected chi connectivity index (χ0v) is 15.1. The van der Waals surface area contributed by atoms with E-state index in [4.69, 9.17) is 11.6 Å². The zero-order valence-electron chi connectivity index (χ0n) is 14.3. The Morgan fingerprint density at radius 1 is 1.20 bits per heavy atom. The number of carbonyl (C=O) groups is 1. The summed E-state index contributed by atoms with van der Waals surface area (Å²) in [5, 5.41) is 4.21. The van der Waals surface area contributed by atoms with Crippen molar-refractivity contribution in [2.45, 2.75) is 38.3 Å². The molecule has 0 aliphatic carbocycles. The molecule has 1 aliphatic rings. The Labute approximate surface area is 154 Å². The lowest BCUT2D eigenvalue weighted by molar-refractivity contribution is -0.129. The van der Waals surface area contributed by atoms with Gasteiger partial charge in [-0.3, -0.25) is 9.78 Å². The lowest BCUT2D eigenvalue weighted by Gasteiger charge is -2.25. The number of benzene rings is 1. The van der Waals surface area contributed by atoms with Crippen molar-refractivity contribution in [1.29, 1.82) is 0 Å². The highest BCUT2D eigenvalue weighted by Gasteiger charge is 2.29. The van der Waals surface area contributed by atoms with Gasteiger partial charge in [-0.25, -0.2) is 0 Å². The maximum Gasteiger partial charge on any atom is 0.222 e. The molecule has 1 N–H and O–H groups in total.